The van der Waals surface area contributed by atoms with E-state index >= 15 is 0 Å². The second-order valence-corrected chi connectivity index (χ2v) is 31.2. The predicted octanol–water partition coefficient (Wildman–Crippen LogP) is 10.6. The van der Waals surface area contributed by atoms with Crippen LogP contribution in [-0.4, -0.2) is 245 Å². The Hall–Kier alpha value is -15.7. The van der Waals surface area contributed by atoms with Gasteiger partial charge in [-0.1, -0.05) is 46.5 Å². The monoisotopic (exact) mass is 1810 g/mol. The summed E-state index contributed by atoms with van der Waals surface area (Å²) in [5, 5.41) is 51.6. The summed E-state index contributed by atoms with van der Waals surface area (Å²) in [6, 6.07) is 41.4. The van der Waals surface area contributed by atoms with E-state index in [2.05, 4.69) is 81.1 Å². The first-order valence-corrected chi connectivity index (χ1v) is 42.5. The van der Waals surface area contributed by atoms with E-state index in [9.17, 15) is 36.7 Å². The van der Waals surface area contributed by atoms with Crippen LogP contribution in [0.15, 0.2) is 245 Å². The van der Waals surface area contributed by atoms with Gasteiger partial charge in [0.05, 0.1) is 195 Å². The molecule has 4 atom stereocenters. The third kappa shape index (κ3) is 21.7. The summed E-state index contributed by atoms with van der Waals surface area (Å²) in [6.45, 7) is 13.7. The molecule has 4 fully saturated rings. The third-order valence-corrected chi connectivity index (χ3v) is 21.8. The molecule has 0 bridgehead atoms. The molecule has 4 aliphatic heterocycles. The van der Waals surface area contributed by atoms with E-state index in [4.69, 9.17) is 18.9 Å². The van der Waals surface area contributed by atoms with Crippen LogP contribution in [0, 0.1) is 51.0 Å². The fraction of sp³-hybridized carbons (Fsp3) is 0.261. The molecule has 0 saturated carbocycles. The SMILES string of the molecule is Cc1ccc(-n2nccn2)c(C(=O)N2CCCO[C@H]2Cn2ccc(-c3ccc(F)cn3)n2)c1.Cc1ccc(-n2nccn2)c(C(=O)N2CCCO[C@H]2Cn2ccc(-c3ccc(F)cn3)n2)c1.Cc1ccc(-n2nccn2)c(C(=O)N2CCCO[C@H]2Cn2ccc(-c3ccc(F)cn3)n2)c1.Cc1ccc(-n2nccn2)c(C(=O)N2CCCO[C@H]2Cn2ccc(-c3ccc(F)cn3)n2)c1.O. The molecule has 41 heteroatoms. The van der Waals surface area contributed by atoms with Crippen molar-refractivity contribution in [3.05, 3.63) is 313 Å². The van der Waals surface area contributed by atoms with Crippen LogP contribution in [0.5, 0.6) is 0 Å². The Morgan fingerprint density at radius 2 is 0.504 bits per heavy atom. The van der Waals surface area contributed by atoms with Crippen molar-refractivity contribution in [1.29, 1.82) is 0 Å². The fourth-order valence-electron chi connectivity index (χ4n) is 15.4. The van der Waals surface area contributed by atoms with Gasteiger partial charge < -0.3 is 44.0 Å². The molecule has 133 heavy (non-hydrogen) atoms. The number of rotatable bonds is 20. The lowest BCUT2D eigenvalue weighted by atomic mass is 10.1. The van der Waals surface area contributed by atoms with Crippen molar-refractivity contribution in [2.24, 2.45) is 0 Å². The fourth-order valence-corrected chi connectivity index (χ4v) is 15.4. The summed E-state index contributed by atoms with van der Waals surface area (Å²) in [5.41, 5.74) is 13.1. The number of ether oxygens (including phenoxy) is 4. The van der Waals surface area contributed by atoms with E-state index in [1.165, 1.54) is 43.5 Å². The lowest BCUT2D eigenvalue weighted by molar-refractivity contribution is -0.0864. The van der Waals surface area contributed by atoms with Gasteiger partial charge in [-0.25, -0.2) is 17.6 Å². The second kappa shape index (κ2) is 41.8. The Balaban J connectivity index is 0.000000129. The van der Waals surface area contributed by atoms with Gasteiger partial charge in [0.25, 0.3) is 23.6 Å². The molecule has 680 valence electrons. The van der Waals surface area contributed by atoms with Crippen molar-refractivity contribution in [2.45, 2.75) is 104 Å². The van der Waals surface area contributed by atoms with Gasteiger partial charge in [0.1, 0.15) is 46.0 Å². The number of carbonyl (C=O) groups is 4. The third-order valence-electron chi connectivity index (χ3n) is 21.8. The topological polar surface area (TPSA) is 395 Å². The van der Waals surface area contributed by atoms with Crippen LogP contribution >= 0.6 is 0 Å². The number of hydrogen-bond donors (Lipinski definition) is 0. The summed E-state index contributed by atoms with van der Waals surface area (Å²) in [4.78, 5) is 83.5. The van der Waals surface area contributed by atoms with Crippen LogP contribution in [0.2, 0.25) is 0 Å². The zero-order chi connectivity index (χ0) is 91.1. The average molecular weight is 1810 g/mol. The molecule has 4 aliphatic rings. The number of hydrogen-bond acceptors (Lipinski definition) is 24. The second-order valence-electron chi connectivity index (χ2n) is 31.2. The van der Waals surface area contributed by atoms with E-state index in [-0.39, 0.29) is 29.1 Å². The Bertz CT molecular complexity index is 5810. The Kier molecular flexibility index (Phi) is 28.5. The zero-order valence-electron chi connectivity index (χ0n) is 72.5. The highest BCUT2D eigenvalue weighted by Crippen LogP contribution is 2.30. The van der Waals surface area contributed by atoms with Crippen LogP contribution in [0.25, 0.3) is 68.3 Å². The van der Waals surface area contributed by atoms with E-state index in [1.807, 2.05) is 100 Å². The van der Waals surface area contributed by atoms with E-state index in [0.717, 1.165) is 72.7 Å². The molecule has 16 aromatic rings. The first-order chi connectivity index (χ1) is 64.3. The van der Waals surface area contributed by atoms with Crippen LogP contribution in [0.1, 0.15) is 89.4 Å². The van der Waals surface area contributed by atoms with Gasteiger partial charge in [-0.2, -0.15) is 80.4 Å². The number of amides is 4. The number of pyridine rings is 4. The number of benzene rings is 4. The minimum atomic E-state index is -0.487. The first kappa shape index (κ1) is 90.6. The van der Waals surface area contributed by atoms with Gasteiger partial charge >= 0.3 is 0 Å². The van der Waals surface area contributed by atoms with Crippen molar-refractivity contribution in [3.63, 3.8) is 0 Å². The van der Waals surface area contributed by atoms with Gasteiger partial charge in [-0.15, -0.1) is 0 Å². The van der Waals surface area contributed by atoms with Gasteiger partial charge in [-0.3, -0.25) is 57.8 Å². The maximum Gasteiger partial charge on any atom is 0.258 e. The summed E-state index contributed by atoms with van der Waals surface area (Å²) in [7, 11) is 0. The van der Waals surface area contributed by atoms with E-state index in [0.29, 0.717) is 169 Å². The Morgan fingerprint density at radius 3 is 0.699 bits per heavy atom. The lowest BCUT2D eigenvalue weighted by Gasteiger charge is -2.36. The van der Waals surface area contributed by atoms with Crippen molar-refractivity contribution in [3.8, 4) is 68.3 Å². The van der Waals surface area contributed by atoms with Crippen LogP contribution in [0.4, 0.5) is 17.6 Å². The molecular formula is C92H90F4N28O9. The first-order valence-electron chi connectivity index (χ1n) is 42.5. The van der Waals surface area contributed by atoms with Crippen molar-refractivity contribution < 1.29 is 61.2 Å². The zero-order valence-corrected chi connectivity index (χ0v) is 72.5. The van der Waals surface area contributed by atoms with Gasteiger partial charge in [0, 0.05) is 51.0 Å². The maximum atomic E-state index is 13.6. The average Bonchev–Trinajstić information content (AvgIpc) is 1.79. The molecule has 37 nitrogen and oxygen atoms in total. The molecule has 20 rings (SSSR count). The quantitative estimate of drug-likeness (QED) is 0.0640. The van der Waals surface area contributed by atoms with Crippen molar-refractivity contribution in [1.82, 2.24) is 139 Å². The van der Waals surface area contributed by atoms with Crippen LogP contribution < -0.4 is 0 Å². The summed E-state index contributed by atoms with van der Waals surface area (Å²) >= 11 is 0. The molecule has 2 N–H and O–H groups in total. The number of aryl methyl sites for hydroxylation is 4. The Labute approximate surface area is 757 Å². The predicted molar refractivity (Wildman–Crippen MR) is 471 cm³/mol. The molecule has 0 spiro atoms. The minimum absolute atomic E-state index is 0. The molecule has 0 aliphatic carbocycles. The van der Waals surface area contributed by atoms with Crippen LogP contribution in [0.3, 0.4) is 0 Å². The number of carbonyl (C=O) groups excluding carboxylic acids is 4. The molecule has 4 aromatic carbocycles. The summed E-state index contributed by atoms with van der Waals surface area (Å²) in [5.74, 6) is -2.20. The standard InChI is InChI=1S/4C23H22FN7O2.H2O/c4*1-16-3-6-21(31-26-8-9-27-31)18(13-16)23(32)30-10-2-12-33-22(30)15-29-11-7-20(28-29)19-5-4-17(24)14-25-19;/h4*3-9,11,13-14,22H,2,10,12,15H2,1H3;1H2/t4*22-;/m0000./s1. The number of halogens is 4. The highest BCUT2D eigenvalue weighted by molar-refractivity contribution is 6.00. The highest BCUT2D eigenvalue weighted by Gasteiger charge is 2.36. The molecule has 12 aromatic heterocycles. The molecule has 0 radical (unpaired) electrons. The lowest BCUT2D eigenvalue weighted by Crippen LogP contribution is -2.48. The smallest absolute Gasteiger partial charge is 0.258 e. The molecule has 0 unspecified atom stereocenters. The highest BCUT2D eigenvalue weighted by atomic mass is 19.1. The largest absolute Gasteiger partial charge is 0.412 e. The minimum Gasteiger partial charge on any atom is -0.412 e. The Morgan fingerprint density at radius 1 is 0.293 bits per heavy atom. The van der Waals surface area contributed by atoms with Gasteiger partial charge in [0.15, 0.2) is 24.9 Å². The summed E-state index contributed by atoms with van der Waals surface area (Å²) < 4.78 is 83.4. The van der Waals surface area contributed by atoms with Crippen LogP contribution in [-0.2, 0) is 45.1 Å². The van der Waals surface area contributed by atoms with Crippen molar-refractivity contribution >= 4 is 23.6 Å². The molecule has 4 amide bonds. The molecule has 16 heterocycles. The molecular weight excluding hydrogens is 1720 g/mol. The van der Waals surface area contributed by atoms with E-state index < -0.39 is 48.2 Å². The van der Waals surface area contributed by atoms with Gasteiger partial charge in [0.2, 0.25) is 0 Å². The van der Waals surface area contributed by atoms with E-state index in [1.54, 1.807) is 161 Å². The number of nitrogens with zero attached hydrogens (tertiary/aromatic N) is 28. The normalized spacial score (nSPS) is 16.1. The van der Waals surface area contributed by atoms with Gasteiger partial charge in [-0.05, 0) is 175 Å². The summed E-state index contributed by atoms with van der Waals surface area (Å²) in [6.07, 6.45) is 25.5. The number of aromatic nitrogens is 24. The van der Waals surface area contributed by atoms with Crippen molar-refractivity contribution in [2.75, 3.05) is 52.6 Å². The molecule has 4 saturated heterocycles. The maximum absolute atomic E-state index is 13.6.